The number of likely N-dealkylation sites (tertiary alicyclic amines) is 1. The number of likely N-dealkylation sites (N-methyl/N-ethyl adjacent to an activating group) is 1. The summed E-state index contributed by atoms with van der Waals surface area (Å²) in [6.07, 6.45) is -3.48. The number of aromatic nitrogens is 1. The lowest BCUT2D eigenvalue weighted by atomic mass is 10.1. The van der Waals surface area contributed by atoms with Crippen LogP contribution in [0.5, 0.6) is 0 Å². The predicted molar refractivity (Wildman–Crippen MR) is 78.3 cm³/mol. The zero-order valence-electron chi connectivity index (χ0n) is 13.8. The lowest BCUT2D eigenvalue weighted by Crippen LogP contribution is -2.44. The normalized spacial score (nSPS) is 19.7. The molecule has 0 unspecified atom stereocenters. The number of nitrogens with zero attached hydrogens (tertiary/aromatic N) is 3. The van der Waals surface area contributed by atoms with Crippen LogP contribution < -0.4 is 0 Å². The molecule has 1 fully saturated rings. The van der Waals surface area contributed by atoms with Crippen molar-refractivity contribution in [1.29, 1.82) is 0 Å². The molecular weight excluding hydrogens is 327 g/mol. The van der Waals surface area contributed by atoms with Crippen molar-refractivity contribution in [3.05, 3.63) is 17.5 Å². The van der Waals surface area contributed by atoms with E-state index in [0.717, 1.165) is 16.2 Å². The summed E-state index contributed by atoms with van der Waals surface area (Å²) < 4.78 is 42.4. The summed E-state index contributed by atoms with van der Waals surface area (Å²) >= 11 is 0. The Morgan fingerprint density at radius 1 is 1.54 bits per heavy atom. The van der Waals surface area contributed by atoms with Crippen molar-refractivity contribution < 1.29 is 27.3 Å². The van der Waals surface area contributed by atoms with Gasteiger partial charge in [-0.2, -0.15) is 13.2 Å². The van der Waals surface area contributed by atoms with Crippen LogP contribution in [0.15, 0.2) is 10.6 Å². The van der Waals surface area contributed by atoms with E-state index in [1.54, 1.807) is 0 Å². The van der Waals surface area contributed by atoms with Gasteiger partial charge in [0.1, 0.15) is 12.6 Å². The van der Waals surface area contributed by atoms with Crippen LogP contribution in [0.2, 0.25) is 0 Å². The van der Waals surface area contributed by atoms with Crippen molar-refractivity contribution in [2.45, 2.75) is 44.8 Å². The number of amides is 2. The number of hydrogen-bond donors (Lipinski definition) is 0. The molecule has 0 spiro atoms. The molecule has 1 aliphatic heterocycles. The zero-order valence-corrected chi connectivity index (χ0v) is 13.8. The van der Waals surface area contributed by atoms with Crippen LogP contribution in [0.4, 0.5) is 13.2 Å². The number of alkyl halides is 3. The molecule has 1 aromatic rings. The molecular formula is C15H20F3N3O3. The Morgan fingerprint density at radius 2 is 2.21 bits per heavy atom. The van der Waals surface area contributed by atoms with E-state index in [-0.39, 0.29) is 24.6 Å². The summed E-state index contributed by atoms with van der Waals surface area (Å²) in [5.74, 6) is -1.17. The zero-order chi connectivity index (χ0) is 18.1. The lowest BCUT2D eigenvalue weighted by molar-refractivity contribution is -0.158. The Morgan fingerprint density at radius 3 is 2.79 bits per heavy atom. The van der Waals surface area contributed by atoms with Crippen LogP contribution in [0.1, 0.15) is 48.9 Å². The number of carbonyl (C=O) groups excluding carboxylic acids is 2. The van der Waals surface area contributed by atoms with E-state index < -0.39 is 30.6 Å². The minimum Gasteiger partial charge on any atom is -0.351 e. The number of halogens is 3. The third-order valence-electron chi connectivity index (χ3n) is 4.28. The topological polar surface area (TPSA) is 66.7 Å². The van der Waals surface area contributed by atoms with E-state index in [4.69, 9.17) is 4.52 Å². The van der Waals surface area contributed by atoms with Crippen molar-refractivity contribution in [3.63, 3.8) is 0 Å². The maximum atomic E-state index is 12.4. The van der Waals surface area contributed by atoms with Crippen LogP contribution >= 0.6 is 0 Å². The molecule has 0 saturated carbocycles. The second-order valence-electron chi connectivity index (χ2n) is 6.02. The fourth-order valence-electron chi connectivity index (χ4n) is 2.60. The minimum absolute atomic E-state index is 0.0186. The maximum absolute atomic E-state index is 12.4. The summed E-state index contributed by atoms with van der Waals surface area (Å²) in [7, 11) is 1.38. The van der Waals surface area contributed by atoms with Crippen molar-refractivity contribution in [2.24, 2.45) is 0 Å². The van der Waals surface area contributed by atoms with Gasteiger partial charge in [-0.15, -0.1) is 0 Å². The molecule has 2 heterocycles. The van der Waals surface area contributed by atoms with E-state index in [2.05, 4.69) is 5.16 Å². The molecule has 0 aromatic carbocycles. The number of hydrogen-bond acceptors (Lipinski definition) is 4. The fourth-order valence-corrected chi connectivity index (χ4v) is 2.60. The van der Waals surface area contributed by atoms with Gasteiger partial charge in [0.05, 0.1) is 5.69 Å². The first-order chi connectivity index (χ1) is 11.1. The Balaban J connectivity index is 2.06. The first-order valence-corrected chi connectivity index (χ1v) is 7.73. The smallest absolute Gasteiger partial charge is 0.351 e. The van der Waals surface area contributed by atoms with Gasteiger partial charge in [0.15, 0.2) is 0 Å². The highest BCUT2D eigenvalue weighted by atomic mass is 19.4. The minimum atomic E-state index is -4.46. The van der Waals surface area contributed by atoms with Crippen LogP contribution in [-0.2, 0) is 4.79 Å². The molecule has 134 valence electrons. The van der Waals surface area contributed by atoms with E-state index in [9.17, 15) is 22.8 Å². The number of carbonyl (C=O) groups is 2. The lowest BCUT2D eigenvalue weighted by Gasteiger charge is -2.23. The van der Waals surface area contributed by atoms with Gasteiger partial charge >= 0.3 is 6.18 Å². The molecule has 0 radical (unpaired) electrons. The summed E-state index contributed by atoms with van der Waals surface area (Å²) in [5, 5.41) is 3.83. The molecule has 2 amide bonds. The van der Waals surface area contributed by atoms with Gasteiger partial charge in [-0.05, 0) is 12.8 Å². The van der Waals surface area contributed by atoms with Crippen LogP contribution in [0.3, 0.4) is 0 Å². The Labute approximate surface area is 137 Å². The first-order valence-electron chi connectivity index (χ1n) is 7.73. The second kappa shape index (κ2) is 6.82. The van der Waals surface area contributed by atoms with Crippen molar-refractivity contribution in [2.75, 3.05) is 20.1 Å². The molecule has 0 N–H and O–H groups in total. The third kappa shape index (κ3) is 3.88. The Hall–Kier alpha value is -2.06. The first kappa shape index (κ1) is 18.3. The molecule has 1 aromatic heterocycles. The van der Waals surface area contributed by atoms with Crippen molar-refractivity contribution in [1.82, 2.24) is 15.0 Å². The number of rotatable bonds is 5. The highest BCUT2D eigenvalue weighted by Crippen LogP contribution is 2.24. The molecule has 2 rings (SSSR count). The average Bonchev–Trinajstić information content (AvgIpc) is 3.12. The van der Waals surface area contributed by atoms with Gasteiger partial charge in [0.2, 0.25) is 11.7 Å². The van der Waals surface area contributed by atoms with E-state index in [1.807, 2.05) is 13.8 Å². The molecule has 1 aliphatic rings. The van der Waals surface area contributed by atoms with Crippen molar-refractivity contribution in [3.8, 4) is 0 Å². The Bertz CT molecular complexity index is 615. The molecule has 2 atom stereocenters. The van der Waals surface area contributed by atoms with E-state index in [1.165, 1.54) is 13.1 Å². The highest BCUT2D eigenvalue weighted by molar-refractivity contribution is 5.96. The van der Waals surface area contributed by atoms with E-state index >= 15 is 0 Å². The standard InChI is InChI=1S/C15H20F3N3O3/c1-4-9(2)10-7-12(24-19-10)14(23)20(3)11-5-6-21(13(11)22)8-15(16,17)18/h7,9,11H,4-6,8H2,1-3H3/t9-,11-/m0/s1. The van der Waals surface area contributed by atoms with Gasteiger partial charge in [-0.3, -0.25) is 9.59 Å². The molecule has 24 heavy (non-hydrogen) atoms. The fraction of sp³-hybridized carbons (Fsp3) is 0.667. The second-order valence-corrected chi connectivity index (χ2v) is 6.02. The van der Waals surface area contributed by atoms with Crippen molar-refractivity contribution >= 4 is 11.8 Å². The van der Waals surface area contributed by atoms with Crippen LogP contribution in [0, 0.1) is 0 Å². The van der Waals surface area contributed by atoms with Crippen LogP contribution in [-0.4, -0.2) is 59.1 Å². The molecule has 0 aliphatic carbocycles. The highest BCUT2D eigenvalue weighted by Gasteiger charge is 2.42. The molecule has 0 bridgehead atoms. The van der Waals surface area contributed by atoms with Gasteiger partial charge in [-0.25, -0.2) is 0 Å². The quantitative estimate of drug-likeness (QED) is 0.820. The largest absolute Gasteiger partial charge is 0.406 e. The maximum Gasteiger partial charge on any atom is 0.406 e. The monoisotopic (exact) mass is 347 g/mol. The molecule has 6 nitrogen and oxygen atoms in total. The Kier molecular flexibility index (Phi) is 5.19. The average molecular weight is 347 g/mol. The summed E-state index contributed by atoms with van der Waals surface area (Å²) in [5.41, 5.74) is 0.630. The van der Waals surface area contributed by atoms with Crippen LogP contribution in [0.25, 0.3) is 0 Å². The van der Waals surface area contributed by atoms with Gasteiger partial charge in [0.25, 0.3) is 5.91 Å². The molecule has 1 saturated heterocycles. The van der Waals surface area contributed by atoms with E-state index in [0.29, 0.717) is 5.69 Å². The molecule has 9 heteroatoms. The van der Waals surface area contributed by atoms with Gasteiger partial charge < -0.3 is 14.3 Å². The SMILES string of the molecule is CC[C@H](C)c1cc(C(=O)N(C)[C@H]2CCN(CC(F)(F)F)C2=O)on1. The van der Waals surface area contributed by atoms with Gasteiger partial charge in [-0.1, -0.05) is 19.0 Å². The predicted octanol–water partition coefficient (Wildman–Crippen LogP) is 2.42. The van der Waals surface area contributed by atoms with Gasteiger partial charge in [0, 0.05) is 25.6 Å². The summed E-state index contributed by atoms with van der Waals surface area (Å²) in [6.45, 7) is 2.57. The summed E-state index contributed by atoms with van der Waals surface area (Å²) in [4.78, 5) is 26.3. The third-order valence-corrected chi connectivity index (χ3v) is 4.28. The summed E-state index contributed by atoms with van der Waals surface area (Å²) in [6, 6.07) is 0.594.